The molecule has 2 amide bonds. The normalized spacial score (nSPS) is 20.2. The molecule has 2 aliphatic rings. The fraction of sp³-hybridized carbons (Fsp3) is 0.483. The van der Waals surface area contributed by atoms with Crippen LogP contribution in [0, 0.1) is 11.8 Å². The predicted molar refractivity (Wildman–Crippen MR) is 142 cm³/mol. The van der Waals surface area contributed by atoms with Crippen LogP contribution in [0.25, 0.3) is 0 Å². The first-order chi connectivity index (χ1) is 17.9. The zero-order chi connectivity index (χ0) is 26.2. The molecule has 37 heavy (non-hydrogen) atoms. The van der Waals surface area contributed by atoms with Crippen LogP contribution in [0.3, 0.4) is 0 Å². The number of rotatable bonds is 9. The van der Waals surface area contributed by atoms with E-state index in [2.05, 4.69) is 22.5 Å². The molecule has 0 unspecified atom stereocenters. The van der Waals surface area contributed by atoms with Crippen molar-refractivity contribution in [1.29, 1.82) is 0 Å². The molecule has 2 aromatic carbocycles. The highest BCUT2D eigenvalue weighted by Gasteiger charge is 2.27. The van der Waals surface area contributed by atoms with Crippen molar-refractivity contribution in [3.63, 3.8) is 0 Å². The van der Waals surface area contributed by atoms with Gasteiger partial charge in [0.15, 0.2) is 0 Å². The largest absolute Gasteiger partial charge is 0.490 e. The van der Waals surface area contributed by atoms with E-state index >= 15 is 0 Å². The van der Waals surface area contributed by atoms with E-state index in [0.717, 1.165) is 24.7 Å². The molecular formula is C29H37N3O5. The van der Waals surface area contributed by atoms with Gasteiger partial charge in [-0.1, -0.05) is 6.92 Å². The summed E-state index contributed by atoms with van der Waals surface area (Å²) < 4.78 is 5.96. The zero-order valence-electron chi connectivity index (χ0n) is 21.4. The lowest BCUT2D eigenvalue weighted by atomic mass is 9.87. The topological polar surface area (TPSA) is 108 Å². The van der Waals surface area contributed by atoms with Crippen LogP contribution in [0.2, 0.25) is 0 Å². The maximum Gasteiger partial charge on any atom is 0.306 e. The lowest BCUT2D eigenvalue weighted by molar-refractivity contribution is -0.143. The fourth-order valence-electron chi connectivity index (χ4n) is 4.95. The summed E-state index contributed by atoms with van der Waals surface area (Å²) in [7, 11) is 0. The Balaban J connectivity index is 1.15. The Labute approximate surface area is 218 Å². The number of carboxylic acids is 1. The first-order valence-corrected chi connectivity index (χ1v) is 13.3. The molecule has 2 fully saturated rings. The number of benzene rings is 2. The molecule has 0 aromatic heterocycles. The Hall–Kier alpha value is -3.55. The van der Waals surface area contributed by atoms with Crippen molar-refractivity contribution in [1.82, 2.24) is 10.6 Å². The highest BCUT2D eigenvalue weighted by Crippen LogP contribution is 2.28. The van der Waals surface area contributed by atoms with Gasteiger partial charge < -0.3 is 25.4 Å². The van der Waals surface area contributed by atoms with Gasteiger partial charge in [0.05, 0.1) is 12.0 Å². The average Bonchev–Trinajstić information content (AvgIpc) is 2.92. The van der Waals surface area contributed by atoms with Gasteiger partial charge in [-0.15, -0.1) is 0 Å². The Morgan fingerprint density at radius 3 is 1.84 bits per heavy atom. The van der Waals surface area contributed by atoms with E-state index in [1.807, 2.05) is 24.3 Å². The second kappa shape index (κ2) is 12.6. The highest BCUT2D eigenvalue weighted by molar-refractivity contribution is 5.95. The second-order valence-electron chi connectivity index (χ2n) is 10.2. The first-order valence-electron chi connectivity index (χ1n) is 13.3. The Morgan fingerprint density at radius 2 is 1.32 bits per heavy atom. The summed E-state index contributed by atoms with van der Waals surface area (Å²) in [4.78, 5) is 38.4. The lowest BCUT2D eigenvalue weighted by Crippen LogP contribution is -2.35. The van der Waals surface area contributed by atoms with Crippen LogP contribution in [-0.4, -0.2) is 55.2 Å². The monoisotopic (exact) mass is 507 g/mol. The molecule has 8 nitrogen and oxygen atoms in total. The maximum absolute atomic E-state index is 12.5. The van der Waals surface area contributed by atoms with Gasteiger partial charge in [0.25, 0.3) is 11.8 Å². The molecule has 198 valence electrons. The van der Waals surface area contributed by atoms with Crippen molar-refractivity contribution in [3.8, 4) is 5.75 Å². The second-order valence-corrected chi connectivity index (χ2v) is 10.2. The third-order valence-corrected chi connectivity index (χ3v) is 7.42. The third kappa shape index (κ3) is 7.47. The quantitative estimate of drug-likeness (QED) is 0.441. The van der Waals surface area contributed by atoms with Crippen LogP contribution in [0.4, 0.5) is 5.69 Å². The van der Waals surface area contributed by atoms with E-state index in [9.17, 15) is 14.4 Å². The predicted octanol–water partition coefficient (Wildman–Crippen LogP) is 4.10. The summed E-state index contributed by atoms with van der Waals surface area (Å²) in [6.07, 6.45) is 5.08. The van der Waals surface area contributed by atoms with E-state index in [1.165, 1.54) is 12.8 Å². The molecule has 1 saturated carbocycles. The van der Waals surface area contributed by atoms with E-state index in [4.69, 9.17) is 9.84 Å². The summed E-state index contributed by atoms with van der Waals surface area (Å²) >= 11 is 0. The van der Waals surface area contributed by atoms with Crippen molar-refractivity contribution in [2.45, 2.75) is 51.6 Å². The molecule has 0 atom stereocenters. The van der Waals surface area contributed by atoms with Gasteiger partial charge in [0.2, 0.25) is 0 Å². The third-order valence-electron chi connectivity index (χ3n) is 7.42. The van der Waals surface area contributed by atoms with Crippen LogP contribution < -0.4 is 20.3 Å². The van der Waals surface area contributed by atoms with Crippen molar-refractivity contribution in [2.75, 3.05) is 31.1 Å². The van der Waals surface area contributed by atoms with Gasteiger partial charge in [-0.25, -0.2) is 0 Å². The van der Waals surface area contributed by atoms with Crippen molar-refractivity contribution >= 4 is 23.5 Å². The van der Waals surface area contributed by atoms with E-state index in [1.54, 1.807) is 24.3 Å². The number of anilines is 1. The van der Waals surface area contributed by atoms with Gasteiger partial charge in [0.1, 0.15) is 5.75 Å². The SMILES string of the molecule is CC1CCN(c2ccc(C(=O)NCCNC(=O)c3ccc(OC4CCC(C(=O)O)CC4)cc3)cc2)CC1. The molecule has 2 aromatic rings. The van der Waals surface area contributed by atoms with Gasteiger partial charge >= 0.3 is 5.97 Å². The number of amides is 2. The molecule has 1 aliphatic carbocycles. The molecule has 0 bridgehead atoms. The Bertz CT molecular complexity index is 1050. The molecule has 8 heteroatoms. The average molecular weight is 508 g/mol. The van der Waals surface area contributed by atoms with E-state index < -0.39 is 5.97 Å². The van der Waals surface area contributed by atoms with Crippen LogP contribution in [0.15, 0.2) is 48.5 Å². The summed E-state index contributed by atoms with van der Waals surface area (Å²) in [5.74, 6) is 0.0615. The molecular weight excluding hydrogens is 470 g/mol. The van der Waals surface area contributed by atoms with Crippen molar-refractivity contribution < 1.29 is 24.2 Å². The molecule has 1 heterocycles. The molecule has 4 rings (SSSR count). The fourth-order valence-corrected chi connectivity index (χ4v) is 4.95. The number of aliphatic carboxylic acids is 1. The molecule has 0 spiro atoms. The van der Waals surface area contributed by atoms with Gasteiger partial charge in [0, 0.05) is 43.0 Å². The maximum atomic E-state index is 12.5. The van der Waals surface area contributed by atoms with Crippen molar-refractivity contribution in [3.05, 3.63) is 59.7 Å². The number of piperidine rings is 1. The number of nitrogens with one attached hydrogen (secondary N) is 2. The number of carbonyl (C=O) groups is 3. The van der Waals surface area contributed by atoms with E-state index in [-0.39, 0.29) is 23.8 Å². The number of hydrogen-bond donors (Lipinski definition) is 3. The van der Waals surface area contributed by atoms with Crippen LogP contribution in [0.5, 0.6) is 5.75 Å². The number of ether oxygens (including phenoxy) is 1. The molecule has 3 N–H and O–H groups in total. The highest BCUT2D eigenvalue weighted by atomic mass is 16.5. The summed E-state index contributed by atoms with van der Waals surface area (Å²) in [6.45, 7) is 5.05. The number of carboxylic acid groups (broad SMARTS) is 1. The minimum Gasteiger partial charge on any atom is -0.490 e. The summed E-state index contributed by atoms with van der Waals surface area (Å²) in [5.41, 5.74) is 2.26. The van der Waals surface area contributed by atoms with Crippen LogP contribution >= 0.6 is 0 Å². The van der Waals surface area contributed by atoms with Crippen LogP contribution in [-0.2, 0) is 4.79 Å². The van der Waals surface area contributed by atoms with Gasteiger partial charge in [-0.2, -0.15) is 0 Å². The first kappa shape index (κ1) is 26.5. The summed E-state index contributed by atoms with van der Waals surface area (Å²) in [6, 6.07) is 14.6. The van der Waals surface area contributed by atoms with Crippen LogP contribution in [0.1, 0.15) is 66.2 Å². The summed E-state index contributed by atoms with van der Waals surface area (Å²) in [5, 5.41) is 14.8. The molecule has 1 saturated heterocycles. The number of nitrogens with zero attached hydrogens (tertiary/aromatic N) is 1. The molecule has 1 aliphatic heterocycles. The number of hydrogen-bond acceptors (Lipinski definition) is 5. The lowest BCUT2D eigenvalue weighted by Gasteiger charge is -2.32. The smallest absolute Gasteiger partial charge is 0.306 e. The zero-order valence-corrected chi connectivity index (χ0v) is 21.4. The Morgan fingerprint density at radius 1 is 0.811 bits per heavy atom. The number of carbonyl (C=O) groups excluding carboxylic acids is 2. The minimum absolute atomic E-state index is 0.00340. The van der Waals surface area contributed by atoms with Crippen molar-refractivity contribution in [2.24, 2.45) is 11.8 Å². The standard InChI is InChI=1S/C29H37N3O5/c1-20-14-18-32(19-15-20)24-8-2-21(3-9-24)27(33)30-16-17-31-28(34)22-4-10-25(11-5-22)37-26-12-6-23(7-13-26)29(35)36/h2-5,8-11,20,23,26H,6-7,12-19H2,1H3,(H,30,33)(H,31,34)(H,35,36). The van der Waals surface area contributed by atoms with E-state index in [0.29, 0.717) is 55.6 Å². The minimum atomic E-state index is -0.731. The Kier molecular flexibility index (Phi) is 9.04. The van der Waals surface area contributed by atoms with Gasteiger partial charge in [-0.3, -0.25) is 14.4 Å². The van der Waals surface area contributed by atoms with Gasteiger partial charge in [-0.05, 0) is 93.0 Å². The molecule has 0 radical (unpaired) electrons.